The van der Waals surface area contributed by atoms with Gasteiger partial charge in [0.05, 0.1) is 7.11 Å². The van der Waals surface area contributed by atoms with E-state index >= 15 is 0 Å². The third-order valence-electron chi connectivity index (χ3n) is 6.46. The van der Waals surface area contributed by atoms with Gasteiger partial charge in [-0.3, -0.25) is 9.69 Å². The van der Waals surface area contributed by atoms with Crippen molar-refractivity contribution in [3.8, 4) is 11.5 Å². The number of methoxy groups -OCH3 is 1. The first kappa shape index (κ1) is 23.6. The molecule has 0 saturated carbocycles. The average molecular weight is 545 g/mol. The lowest BCUT2D eigenvalue weighted by Crippen LogP contribution is -2.55. The number of carbonyl (C=O) groups excluding carboxylic acids is 3. The van der Waals surface area contributed by atoms with E-state index in [1.807, 2.05) is 42.5 Å². The van der Waals surface area contributed by atoms with Crippen molar-refractivity contribution in [1.29, 1.82) is 0 Å². The van der Waals surface area contributed by atoms with Gasteiger partial charge in [0.1, 0.15) is 6.10 Å². The minimum absolute atomic E-state index is 0.0729. The lowest BCUT2D eigenvalue weighted by Gasteiger charge is -2.40. The molecular weight excluding hydrogens is 520 g/mol. The van der Waals surface area contributed by atoms with Crippen LogP contribution in [0, 0.1) is 0 Å². The first-order valence-corrected chi connectivity index (χ1v) is 12.3. The van der Waals surface area contributed by atoms with Crippen LogP contribution in [0.15, 0.2) is 46.9 Å². The molecule has 3 fully saturated rings. The average Bonchev–Trinajstić information content (AvgIpc) is 3.11. The molecule has 5 rings (SSSR count). The second kappa shape index (κ2) is 9.50. The Morgan fingerprint density at radius 1 is 1.06 bits per heavy atom. The molecule has 0 unspecified atom stereocenters. The molecule has 9 nitrogen and oxygen atoms in total. The smallest absolute Gasteiger partial charge is 0.421 e. The van der Waals surface area contributed by atoms with Crippen molar-refractivity contribution in [3.63, 3.8) is 0 Å². The molecule has 184 valence electrons. The zero-order valence-corrected chi connectivity index (χ0v) is 20.8. The molecule has 3 aliphatic rings. The summed E-state index contributed by atoms with van der Waals surface area (Å²) in [5.74, 6) is -3.19. The SMILES string of the molecule is COc1ccc(Br)cc1OC1CN(CCc2ccccc2N2CCCC3(OC(=O)C(=O)O3)C2=O)C1. The lowest BCUT2D eigenvalue weighted by molar-refractivity contribution is -0.192. The molecule has 0 aliphatic carbocycles. The number of likely N-dealkylation sites (tertiary alicyclic amines) is 1. The minimum Gasteiger partial charge on any atom is -0.493 e. The van der Waals surface area contributed by atoms with Crippen LogP contribution in [-0.4, -0.2) is 67.9 Å². The van der Waals surface area contributed by atoms with Crippen LogP contribution in [0.1, 0.15) is 18.4 Å². The highest BCUT2D eigenvalue weighted by Crippen LogP contribution is 2.36. The second-order valence-corrected chi connectivity index (χ2v) is 9.68. The Labute approximate surface area is 211 Å². The van der Waals surface area contributed by atoms with Crippen molar-refractivity contribution < 1.29 is 33.3 Å². The van der Waals surface area contributed by atoms with Crippen molar-refractivity contribution in [1.82, 2.24) is 4.90 Å². The van der Waals surface area contributed by atoms with E-state index < -0.39 is 23.6 Å². The van der Waals surface area contributed by atoms with E-state index in [0.717, 1.165) is 41.8 Å². The Morgan fingerprint density at radius 3 is 2.54 bits per heavy atom. The Bertz CT molecular complexity index is 1150. The van der Waals surface area contributed by atoms with E-state index in [0.29, 0.717) is 24.5 Å². The fraction of sp³-hybridized carbons (Fsp3) is 0.400. The van der Waals surface area contributed by atoms with E-state index in [1.165, 1.54) is 0 Å². The summed E-state index contributed by atoms with van der Waals surface area (Å²) < 4.78 is 22.6. The van der Waals surface area contributed by atoms with E-state index in [-0.39, 0.29) is 12.5 Å². The number of benzene rings is 2. The number of carbonyl (C=O) groups is 3. The van der Waals surface area contributed by atoms with Crippen molar-refractivity contribution in [3.05, 3.63) is 52.5 Å². The summed E-state index contributed by atoms with van der Waals surface area (Å²) in [4.78, 5) is 40.3. The van der Waals surface area contributed by atoms with Crippen molar-refractivity contribution in [2.24, 2.45) is 0 Å². The number of nitrogens with zero attached hydrogens (tertiary/aromatic N) is 2. The van der Waals surface area contributed by atoms with Crippen LogP contribution in [0.4, 0.5) is 5.69 Å². The molecule has 2 aromatic rings. The standard InChI is InChI=1S/C25H25BrN2O7/c1-32-20-8-7-17(26)13-21(20)33-18-14-27(15-18)12-9-16-5-2-3-6-19(16)28-11-4-10-25(24(28)31)34-22(29)23(30)35-25/h2-3,5-8,13,18H,4,9-12,14-15H2,1H3. The van der Waals surface area contributed by atoms with Crippen LogP contribution in [0.3, 0.4) is 0 Å². The number of hydrogen-bond acceptors (Lipinski definition) is 8. The van der Waals surface area contributed by atoms with Crippen molar-refractivity contribution >= 4 is 39.5 Å². The lowest BCUT2D eigenvalue weighted by atomic mass is 10.00. The third kappa shape index (κ3) is 4.60. The normalized spacial score (nSPS) is 19.9. The van der Waals surface area contributed by atoms with E-state index in [2.05, 4.69) is 20.8 Å². The summed E-state index contributed by atoms with van der Waals surface area (Å²) in [5, 5.41) is 0. The van der Waals surface area contributed by atoms with Crippen molar-refractivity contribution in [2.75, 3.05) is 38.2 Å². The van der Waals surface area contributed by atoms with Crippen LogP contribution in [-0.2, 0) is 30.3 Å². The number of anilines is 1. The Balaban J connectivity index is 1.21. The molecule has 0 aromatic heterocycles. The Kier molecular flexibility index (Phi) is 6.41. The highest BCUT2D eigenvalue weighted by molar-refractivity contribution is 9.10. The number of ether oxygens (including phenoxy) is 4. The number of amides is 1. The summed E-state index contributed by atoms with van der Waals surface area (Å²) in [5.41, 5.74) is 1.73. The zero-order valence-electron chi connectivity index (χ0n) is 19.2. The maximum absolute atomic E-state index is 13.2. The van der Waals surface area contributed by atoms with E-state index in [9.17, 15) is 14.4 Å². The van der Waals surface area contributed by atoms with Crippen LogP contribution in [0.2, 0.25) is 0 Å². The molecule has 1 amide bonds. The molecule has 1 spiro atoms. The molecule has 3 heterocycles. The van der Waals surface area contributed by atoms with E-state index in [1.54, 1.807) is 12.0 Å². The first-order chi connectivity index (χ1) is 16.9. The van der Waals surface area contributed by atoms with Crippen LogP contribution in [0.5, 0.6) is 11.5 Å². The summed E-state index contributed by atoms with van der Waals surface area (Å²) in [6, 6.07) is 13.3. The zero-order chi connectivity index (χ0) is 24.6. The predicted molar refractivity (Wildman–Crippen MR) is 128 cm³/mol. The van der Waals surface area contributed by atoms with Crippen LogP contribution < -0.4 is 14.4 Å². The highest BCUT2D eigenvalue weighted by Gasteiger charge is 2.58. The summed E-state index contributed by atoms with van der Waals surface area (Å²) in [6.07, 6.45) is 1.51. The monoisotopic (exact) mass is 544 g/mol. The van der Waals surface area contributed by atoms with Gasteiger partial charge in [0, 0.05) is 42.8 Å². The van der Waals surface area contributed by atoms with Gasteiger partial charge in [0.2, 0.25) is 0 Å². The number of para-hydroxylation sites is 1. The van der Waals surface area contributed by atoms with Gasteiger partial charge in [-0.1, -0.05) is 34.1 Å². The molecule has 35 heavy (non-hydrogen) atoms. The maximum atomic E-state index is 13.2. The van der Waals surface area contributed by atoms with Gasteiger partial charge < -0.3 is 23.8 Å². The third-order valence-corrected chi connectivity index (χ3v) is 6.96. The summed E-state index contributed by atoms with van der Waals surface area (Å²) in [7, 11) is 1.62. The van der Waals surface area contributed by atoms with Gasteiger partial charge in [-0.05, 0) is 42.7 Å². The van der Waals surface area contributed by atoms with E-state index in [4.69, 9.17) is 18.9 Å². The number of halogens is 1. The summed E-state index contributed by atoms with van der Waals surface area (Å²) in [6.45, 7) is 2.83. The molecular formula is C25H25BrN2O7. The second-order valence-electron chi connectivity index (χ2n) is 8.77. The van der Waals surface area contributed by atoms with Gasteiger partial charge in [-0.2, -0.15) is 0 Å². The number of piperidine rings is 1. The fourth-order valence-electron chi connectivity index (χ4n) is 4.67. The Morgan fingerprint density at radius 2 is 1.80 bits per heavy atom. The van der Waals surface area contributed by atoms with Gasteiger partial charge in [0.25, 0.3) is 0 Å². The molecule has 0 N–H and O–H groups in total. The maximum Gasteiger partial charge on any atom is 0.421 e. The molecule has 10 heteroatoms. The number of esters is 2. The molecule has 0 radical (unpaired) electrons. The molecule has 0 bridgehead atoms. The highest BCUT2D eigenvalue weighted by atomic mass is 79.9. The largest absolute Gasteiger partial charge is 0.493 e. The quantitative estimate of drug-likeness (QED) is 0.388. The summed E-state index contributed by atoms with van der Waals surface area (Å²) >= 11 is 3.46. The van der Waals surface area contributed by atoms with Gasteiger partial charge in [-0.25, -0.2) is 9.59 Å². The van der Waals surface area contributed by atoms with Gasteiger partial charge in [-0.15, -0.1) is 0 Å². The van der Waals surface area contributed by atoms with Crippen molar-refractivity contribution in [2.45, 2.75) is 31.2 Å². The molecule has 3 saturated heterocycles. The molecule has 0 atom stereocenters. The van der Waals surface area contributed by atoms with Gasteiger partial charge in [0.15, 0.2) is 11.5 Å². The predicted octanol–water partition coefficient (Wildman–Crippen LogP) is 2.69. The van der Waals surface area contributed by atoms with Crippen LogP contribution in [0.25, 0.3) is 0 Å². The topological polar surface area (TPSA) is 94.6 Å². The van der Waals surface area contributed by atoms with Crippen LogP contribution >= 0.6 is 15.9 Å². The minimum atomic E-state index is -1.84. The molecule has 3 aliphatic heterocycles. The molecule has 2 aromatic carbocycles. The Hall–Kier alpha value is -3.11. The van der Waals surface area contributed by atoms with Gasteiger partial charge >= 0.3 is 23.6 Å². The fourth-order valence-corrected chi connectivity index (χ4v) is 5.01. The number of rotatable bonds is 7. The number of hydrogen-bond donors (Lipinski definition) is 0. The first-order valence-electron chi connectivity index (χ1n) is 11.5.